The highest BCUT2D eigenvalue weighted by molar-refractivity contribution is 6.29. The van der Waals surface area contributed by atoms with Crippen molar-refractivity contribution in [1.29, 1.82) is 0 Å². The molecule has 0 saturated carbocycles. The molecule has 0 aliphatic rings. The van der Waals surface area contributed by atoms with Crippen LogP contribution < -0.4 is 4.74 Å². The van der Waals surface area contributed by atoms with E-state index >= 15 is 0 Å². The van der Waals surface area contributed by atoms with Crippen LogP contribution in [0.2, 0.25) is 5.15 Å². The first kappa shape index (κ1) is 12.0. The summed E-state index contributed by atoms with van der Waals surface area (Å²) in [5.41, 5.74) is 1.92. The molecule has 0 bridgehead atoms. The summed E-state index contributed by atoms with van der Waals surface area (Å²) < 4.78 is 7.23. The van der Waals surface area contributed by atoms with Crippen LogP contribution in [0.15, 0.2) is 42.5 Å². The lowest BCUT2D eigenvalue weighted by molar-refractivity contribution is 0.296. The van der Waals surface area contributed by atoms with Crippen LogP contribution in [0.5, 0.6) is 5.75 Å². The first-order valence-corrected chi connectivity index (χ1v) is 6.30. The van der Waals surface area contributed by atoms with E-state index in [9.17, 15) is 0 Å². The fourth-order valence-electron chi connectivity index (χ4n) is 1.76. The third-order valence-corrected chi connectivity index (χ3v) is 3.03. The molecule has 0 spiro atoms. The van der Waals surface area contributed by atoms with Gasteiger partial charge in [-0.1, -0.05) is 35.4 Å². The average Bonchev–Trinajstić information content (AvgIpc) is 2.83. The van der Waals surface area contributed by atoms with Crippen molar-refractivity contribution in [2.75, 3.05) is 0 Å². The highest BCUT2D eigenvalue weighted by Crippen LogP contribution is 2.14. The van der Waals surface area contributed by atoms with E-state index in [4.69, 9.17) is 16.3 Å². The summed E-state index contributed by atoms with van der Waals surface area (Å²) >= 11 is 6.02. The number of ether oxygens (including phenoxy) is 1. The Labute approximate surface area is 115 Å². The SMILES string of the molecule is Cc1ccc(OCc2nc3cccc(Cl)n3n2)cc1. The quantitative estimate of drug-likeness (QED) is 0.688. The number of benzene rings is 1. The van der Waals surface area contributed by atoms with Crippen molar-refractivity contribution in [3.63, 3.8) is 0 Å². The third-order valence-electron chi connectivity index (χ3n) is 2.75. The largest absolute Gasteiger partial charge is 0.486 e. The van der Waals surface area contributed by atoms with E-state index in [0.717, 1.165) is 11.4 Å². The Morgan fingerprint density at radius 3 is 2.68 bits per heavy atom. The van der Waals surface area contributed by atoms with Crippen molar-refractivity contribution < 1.29 is 4.74 Å². The van der Waals surface area contributed by atoms with Crippen molar-refractivity contribution in [1.82, 2.24) is 14.6 Å². The van der Waals surface area contributed by atoms with Crippen LogP contribution in [0.25, 0.3) is 5.65 Å². The fraction of sp³-hybridized carbons (Fsp3) is 0.143. The highest BCUT2D eigenvalue weighted by Gasteiger charge is 2.06. The Hall–Kier alpha value is -2.07. The van der Waals surface area contributed by atoms with Crippen molar-refractivity contribution in [3.05, 3.63) is 59.0 Å². The fourth-order valence-corrected chi connectivity index (χ4v) is 1.96. The molecule has 4 nitrogen and oxygen atoms in total. The molecule has 0 aliphatic carbocycles. The molecule has 3 aromatic rings. The molecule has 2 aromatic heterocycles. The zero-order valence-electron chi connectivity index (χ0n) is 10.4. The van der Waals surface area contributed by atoms with Crippen LogP contribution in [0.4, 0.5) is 0 Å². The topological polar surface area (TPSA) is 39.4 Å². The number of fused-ring (bicyclic) bond motifs is 1. The van der Waals surface area contributed by atoms with E-state index in [1.165, 1.54) is 5.56 Å². The molecule has 0 atom stereocenters. The predicted molar refractivity (Wildman–Crippen MR) is 73.5 cm³/mol. The number of aryl methyl sites for hydroxylation is 1. The van der Waals surface area contributed by atoms with E-state index < -0.39 is 0 Å². The van der Waals surface area contributed by atoms with Crippen LogP contribution in [-0.2, 0) is 6.61 Å². The standard InChI is InChI=1S/C14H12ClN3O/c1-10-5-7-11(8-6-10)19-9-13-16-14-4-2-3-12(15)18(14)17-13/h2-8H,9H2,1H3. The number of hydrogen-bond donors (Lipinski definition) is 0. The van der Waals surface area contributed by atoms with Gasteiger partial charge in [0.25, 0.3) is 0 Å². The first-order valence-electron chi connectivity index (χ1n) is 5.92. The minimum Gasteiger partial charge on any atom is -0.486 e. The molecule has 0 radical (unpaired) electrons. The van der Waals surface area contributed by atoms with E-state index in [2.05, 4.69) is 10.1 Å². The maximum atomic E-state index is 6.02. The zero-order chi connectivity index (χ0) is 13.2. The number of nitrogens with zero attached hydrogens (tertiary/aromatic N) is 3. The second-order valence-electron chi connectivity index (χ2n) is 4.25. The maximum Gasteiger partial charge on any atom is 0.189 e. The number of pyridine rings is 1. The smallest absolute Gasteiger partial charge is 0.189 e. The molecular weight excluding hydrogens is 262 g/mol. The second kappa shape index (κ2) is 4.90. The maximum absolute atomic E-state index is 6.02. The number of rotatable bonds is 3. The molecule has 0 saturated heterocycles. The second-order valence-corrected chi connectivity index (χ2v) is 4.64. The molecule has 0 aliphatic heterocycles. The van der Waals surface area contributed by atoms with E-state index in [1.807, 2.05) is 43.3 Å². The molecule has 5 heteroatoms. The summed E-state index contributed by atoms with van der Waals surface area (Å²) in [6, 6.07) is 13.3. The van der Waals surface area contributed by atoms with Gasteiger partial charge in [-0.3, -0.25) is 0 Å². The molecule has 0 unspecified atom stereocenters. The molecule has 3 rings (SSSR count). The minimum absolute atomic E-state index is 0.321. The van der Waals surface area contributed by atoms with Gasteiger partial charge in [0.05, 0.1) is 0 Å². The van der Waals surface area contributed by atoms with E-state index in [0.29, 0.717) is 17.6 Å². The van der Waals surface area contributed by atoms with Crippen LogP contribution in [0.3, 0.4) is 0 Å². The molecule has 2 heterocycles. The van der Waals surface area contributed by atoms with E-state index in [-0.39, 0.29) is 0 Å². The monoisotopic (exact) mass is 273 g/mol. The normalized spacial score (nSPS) is 10.8. The van der Waals surface area contributed by atoms with Gasteiger partial charge in [0.2, 0.25) is 0 Å². The number of aromatic nitrogens is 3. The average molecular weight is 274 g/mol. The lowest BCUT2D eigenvalue weighted by Crippen LogP contribution is -1.98. The lowest BCUT2D eigenvalue weighted by Gasteiger charge is -2.03. The van der Waals surface area contributed by atoms with Crippen LogP contribution in [0, 0.1) is 6.92 Å². The summed E-state index contributed by atoms with van der Waals surface area (Å²) in [6.45, 7) is 2.36. The van der Waals surface area contributed by atoms with Crippen molar-refractivity contribution >= 4 is 17.2 Å². The van der Waals surface area contributed by atoms with E-state index in [1.54, 1.807) is 10.6 Å². The van der Waals surface area contributed by atoms with Gasteiger partial charge in [-0.05, 0) is 31.2 Å². The Morgan fingerprint density at radius 1 is 1.16 bits per heavy atom. The van der Waals surface area contributed by atoms with Gasteiger partial charge < -0.3 is 4.74 Å². The van der Waals surface area contributed by atoms with Gasteiger partial charge in [-0.25, -0.2) is 9.50 Å². The predicted octanol–water partition coefficient (Wildman–Crippen LogP) is 3.27. The molecule has 0 N–H and O–H groups in total. The van der Waals surface area contributed by atoms with Gasteiger partial charge in [0.15, 0.2) is 11.5 Å². The Bertz CT molecular complexity index is 706. The molecule has 19 heavy (non-hydrogen) atoms. The van der Waals surface area contributed by atoms with Crippen molar-refractivity contribution in [2.45, 2.75) is 13.5 Å². The van der Waals surface area contributed by atoms with Gasteiger partial charge in [-0.15, -0.1) is 5.10 Å². The summed E-state index contributed by atoms with van der Waals surface area (Å²) in [5.74, 6) is 1.41. The number of halogens is 1. The summed E-state index contributed by atoms with van der Waals surface area (Å²) in [7, 11) is 0. The van der Waals surface area contributed by atoms with Crippen molar-refractivity contribution in [3.8, 4) is 5.75 Å². The highest BCUT2D eigenvalue weighted by atomic mass is 35.5. The Kier molecular flexibility index (Phi) is 3.09. The van der Waals surface area contributed by atoms with Gasteiger partial charge in [0, 0.05) is 0 Å². The zero-order valence-corrected chi connectivity index (χ0v) is 11.1. The van der Waals surface area contributed by atoms with Gasteiger partial charge in [0.1, 0.15) is 17.5 Å². The van der Waals surface area contributed by atoms with Gasteiger partial charge in [-0.2, -0.15) is 0 Å². The van der Waals surface area contributed by atoms with Crippen LogP contribution >= 0.6 is 11.6 Å². The Balaban J connectivity index is 1.78. The first-order chi connectivity index (χ1) is 9.22. The molecular formula is C14H12ClN3O. The van der Waals surface area contributed by atoms with Crippen LogP contribution in [0.1, 0.15) is 11.4 Å². The summed E-state index contributed by atoms with van der Waals surface area (Å²) in [5, 5.41) is 4.83. The summed E-state index contributed by atoms with van der Waals surface area (Å²) in [4.78, 5) is 4.35. The van der Waals surface area contributed by atoms with Crippen LogP contribution in [-0.4, -0.2) is 14.6 Å². The summed E-state index contributed by atoms with van der Waals surface area (Å²) in [6.07, 6.45) is 0. The minimum atomic E-state index is 0.321. The molecule has 96 valence electrons. The third kappa shape index (κ3) is 2.53. The number of hydrogen-bond acceptors (Lipinski definition) is 3. The lowest BCUT2D eigenvalue weighted by atomic mass is 10.2. The molecule has 0 amide bonds. The molecule has 0 fully saturated rings. The van der Waals surface area contributed by atoms with Crippen molar-refractivity contribution in [2.24, 2.45) is 0 Å². The Morgan fingerprint density at radius 2 is 1.95 bits per heavy atom. The molecule has 1 aromatic carbocycles. The van der Waals surface area contributed by atoms with Gasteiger partial charge >= 0.3 is 0 Å².